The van der Waals surface area contributed by atoms with E-state index in [1.165, 1.54) is 17.7 Å². The fourth-order valence-corrected chi connectivity index (χ4v) is 2.78. The molecule has 4 aromatic carbocycles. The van der Waals surface area contributed by atoms with Gasteiger partial charge in [-0.25, -0.2) is 10.9 Å². The molecule has 28 heavy (non-hydrogen) atoms. The number of hydrogen-bond donors (Lipinski definition) is 2. The predicted octanol–water partition coefficient (Wildman–Crippen LogP) is 5.50. The van der Waals surface area contributed by atoms with Gasteiger partial charge in [-0.3, -0.25) is 4.79 Å². The number of amides is 1. The van der Waals surface area contributed by atoms with Crippen LogP contribution < -0.4 is 16.2 Å². The molecule has 0 atom stereocenters. The first-order valence-corrected chi connectivity index (χ1v) is 9.05. The van der Waals surface area contributed by atoms with Crippen molar-refractivity contribution in [3.05, 3.63) is 103 Å². The summed E-state index contributed by atoms with van der Waals surface area (Å²) in [4.78, 5) is 10.7. The summed E-state index contributed by atoms with van der Waals surface area (Å²) >= 11 is 0. The van der Waals surface area contributed by atoms with Gasteiger partial charge < -0.3 is 5.32 Å². The number of hydrogen-bond acceptors (Lipinski definition) is 3. The zero-order valence-electron chi connectivity index (χ0n) is 15.7. The van der Waals surface area contributed by atoms with Gasteiger partial charge in [-0.2, -0.15) is 0 Å². The number of fused-ring (bicyclic) bond motifs is 1. The maximum absolute atomic E-state index is 10.7. The molecule has 3 N–H and O–H groups in total. The molecule has 4 nitrogen and oxygen atoms in total. The number of nitrogens with two attached hydrogens (primary N) is 1. The maximum Gasteiger partial charge on any atom is 0.238 e. The van der Waals surface area contributed by atoms with Crippen LogP contribution in [0.1, 0.15) is 6.92 Å². The molecule has 4 rings (SSSR count). The summed E-state index contributed by atoms with van der Waals surface area (Å²) in [6.07, 6.45) is 0. The molecule has 140 valence electrons. The Morgan fingerprint density at radius 1 is 0.750 bits per heavy atom. The molecule has 0 bridgehead atoms. The molecule has 0 radical (unpaired) electrons. The van der Waals surface area contributed by atoms with Gasteiger partial charge in [-0.1, -0.05) is 72.8 Å². The number of para-hydroxylation sites is 2. The summed E-state index contributed by atoms with van der Waals surface area (Å²) in [5.41, 5.74) is 2.97. The van der Waals surface area contributed by atoms with E-state index in [4.69, 9.17) is 5.84 Å². The van der Waals surface area contributed by atoms with Crippen LogP contribution >= 0.6 is 0 Å². The molecule has 0 aliphatic heterocycles. The highest BCUT2D eigenvalue weighted by Gasteiger charge is 2.03. The van der Waals surface area contributed by atoms with E-state index < -0.39 is 0 Å². The fraction of sp³-hybridized carbons (Fsp3) is 0.0417. The lowest BCUT2D eigenvalue weighted by Gasteiger charge is -2.13. The van der Waals surface area contributed by atoms with E-state index in [2.05, 4.69) is 59.9 Å². The first-order chi connectivity index (χ1) is 13.6. The first kappa shape index (κ1) is 19.1. The zero-order chi connectivity index (χ0) is 19.8. The molecule has 0 spiro atoms. The molecular formula is C24H23N3O. The molecule has 4 heteroatoms. The van der Waals surface area contributed by atoms with Crippen LogP contribution in [0.25, 0.3) is 10.8 Å². The Morgan fingerprint density at radius 2 is 1.32 bits per heavy atom. The minimum Gasteiger partial charge on any atom is -0.355 e. The maximum atomic E-state index is 10.7. The number of rotatable bonds is 3. The molecule has 0 heterocycles. The lowest BCUT2D eigenvalue weighted by atomic mass is 10.1. The van der Waals surface area contributed by atoms with Gasteiger partial charge in [0, 0.05) is 23.7 Å². The number of carbonyl (C=O) groups excluding carboxylic acids is 1. The van der Waals surface area contributed by atoms with Gasteiger partial charge >= 0.3 is 0 Å². The van der Waals surface area contributed by atoms with Crippen molar-refractivity contribution in [2.24, 2.45) is 5.84 Å². The van der Waals surface area contributed by atoms with Crippen LogP contribution in [0.15, 0.2) is 103 Å². The largest absolute Gasteiger partial charge is 0.355 e. The van der Waals surface area contributed by atoms with Gasteiger partial charge in [0.2, 0.25) is 5.91 Å². The van der Waals surface area contributed by atoms with Gasteiger partial charge in [-0.05, 0) is 35.7 Å². The van der Waals surface area contributed by atoms with Gasteiger partial charge in [0.25, 0.3) is 0 Å². The van der Waals surface area contributed by atoms with Crippen molar-refractivity contribution >= 4 is 33.7 Å². The molecule has 0 fully saturated rings. The Bertz CT molecular complexity index is 1030. The van der Waals surface area contributed by atoms with Crippen molar-refractivity contribution in [1.29, 1.82) is 0 Å². The van der Waals surface area contributed by atoms with E-state index >= 15 is 0 Å². The molecule has 0 aromatic heterocycles. The number of nitrogens with one attached hydrogen (secondary N) is 1. The van der Waals surface area contributed by atoms with E-state index in [0.29, 0.717) is 5.69 Å². The zero-order valence-corrected chi connectivity index (χ0v) is 15.7. The topological polar surface area (TPSA) is 58.4 Å². The number of benzene rings is 4. The second-order valence-electron chi connectivity index (χ2n) is 6.24. The normalized spacial score (nSPS) is 9.93. The molecule has 0 unspecified atom stereocenters. The highest BCUT2D eigenvalue weighted by Crippen LogP contribution is 2.25. The summed E-state index contributed by atoms with van der Waals surface area (Å²) in [5.74, 6) is 5.25. The predicted molar refractivity (Wildman–Crippen MR) is 117 cm³/mol. The van der Waals surface area contributed by atoms with E-state index in [9.17, 15) is 4.79 Å². The number of carbonyl (C=O) groups is 1. The average Bonchev–Trinajstić information content (AvgIpc) is 2.75. The molecular weight excluding hydrogens is 346 g/mol. The smallest absolute Gasteiger partial charge is 0.238 e. The Labute approximate surface area is 165 Å². The highest BCUT2D eigenvalue weighted by atomic mass is 16.2. The lowest BCUT2D eigenvalue weighted by Crippen LogP contribution is -2.35. The fourth-order valence-electron chi connectivity index (χ4n) is 2.78. The summed E-state index contributed by atoms with van der Waals surface area (Å²) in [5, 5.41) is 7.06. The van der Waals surface area contributed by atoms with E-state index in [-0.39, 0.29) is 5.91 Å². The van der Waals surface area contributed by atoms with Crippen molar-refractivity contribution < 1.29 is 4.79 Å². The summed E-state index contributed by atoms with van der Waals surface area (Å²) in [7, 11) is 0. The van der Waals surface area contributed by atoms with Crippen LogP contribution in [-0.2, 0) is 4.79 Å². The van der Waals surface area contributed by atoms with Crippen LogP contribution in [0.5, 0.6) is 0 Å². The lowest BCUT2D eigenvalue weighted by molar-refractivity contribution is -0.116. The first-order valence-electron chi connectivity index (χ1n) is 9.05. The molecule has 0 aliphatic carbocycles. The Hall–Kier alpha value is -3.63. The SMILES string of the molecule is CC(=O)N(N)c1ccccc1.c1ccc(Nc2cccc3ccccc23)cc1. The monoisotopic (exact) mass is 369 g/mol. The second kappa shape index (κ2) is 9.35. The Morgan fingerprint density at radius 3 is 2.00 bits per heavy atom. The summed E-state index contributed by atoms with van der Waals surface area (Å²) < 4.78 is 0. The van der Waals surface area contributed by atoms with Crippen molar-refractivity contribution in [1.82, 2.24) is 0 Å². The van der Waals surface area contributed by atoms with Crippen LogP contribution in [-0.4, -0.2) is 5.91 Å². The number of nitrogens with zero attached hydrogens (tertiary/aromatic N) is 1. The van der Waals surface area contributed by atoms with Crippen LogP contribution in [0.2, 0.25) is 0 Å². The average molecular weight is 369 g/mol. The van der Waals surface area contributed by atoms with Gasteiger partial charge in [0.05, 0.1) is 5.69 Å². The molecule has 4 aromatic rings. The van der Waals surface area contributed by atoms with Crippen LogP contribution in [0.4, 0.5) is 17.1 Å². The van der Waals surface area contributed by atoms with Crippen LogP contribution in [0, 0.1) is 0 Å². The molecule has 0 aliphatic rings. The van der Waals surface area contributed by atoms with Crippen molar-refractivity contribution in [3.63, 3.8) is 0 Å². The quantitative estimate of drug-likeness (QED) is 0.285. The van der Waals surface area contributed by atoms with E-state index in [0.717, 1.165) is 16.4 Å². The molecule has 0 saturated heterocycles. The third-order valence-electron chi connectivity index (χ3n) is 4.22. The van der Waals surface area contributed by atoms with Crippen molar-refractivity contribution in [2.75, 3.05) is 10.3 Å². The Kier molecular flexibility index (Phi) is 6.39. The number of anilines is 3. The standard InChI is InChI=1S/C16H13N.C8H10N2O/c1-2-9-14(10-3-1)17-16-12-6-8-13-7-4-5-11-15(13)16;1-7(11)10(9)8-5-3-2-4-6-8/h1-12,17H;2-6H,9H2,1H3. The van der Waals surface area contributed by atoms with E-state index in [1.54, 1.807) is 12.1 Å². The minimum atomic E-state index is -0.170. The van der Waals surface area contributed by atoms with Crippen molar-refractivity contribution in [2.45, 2.75) is 6.92 Å². The Balaban J connectivity index is 0.000000178. The summed E-state index contributed by atoms with van der Waals surface area (Å²) in [6, 6.07) is 34.0. The van der Waals surface area contributed by atoms with Gasteiger partial charge in [0.1, 0.15) is 0 Å². The minimum absolute atomic E-state index is 0.170. The second-order valence-corrected chi connectivity index (χ2v) is 6.24. The van der Waals surface area contributed by atoms with Gasteiger partial charge in [0.15, 0.2) is 0 Å². The third-order valence-corrected chi connectivity index (χ3v) is 4.22. The highest BCUT2D eigenvalue weighted by molar-refractivity contribution is 5.95. The van der Waals surface area contributed by atoms with Crippen LogP contribution in [0.3, 0.4) is 0 Å². The third kappa shape index (κ3) is 4.96. The molecule has 1 amide bonds. The van der Waals surface area contributed by atoms with Crippen molar-refractivity contribution in [3.8, 4) is 0 Å². The van der Waals surface area contributed by atoms with Gasteiger partial charge in [-0.15, -0.1) is 0 Å². The molecule has 0 saturated carbocycles. The van der Waals surface area contributed by atoms with E-state index in [1.807, 2.05) is 36.4 Å². The number of hydrazine groups is 1. The summed E-state index contributed by atoms with van der Waals surface area (Å²) in [6.45, 7) is 1.42.